The first-order chi connectivity index (χ1) is 6.85. The van der Waals surface area contributed by atoms with Gasteiger partial charge in [-0.2, -0.15) is 0 Å². The molecule has 0 atom stereocenters. The van der Waals surface area contributed by atoms with E-state index in [1.807, 2.05) is 0 Å². The third-order valence-corrected chi connectivity index (χ3v) is 3.91. The van der Waals surface area contributed by atoms with Crippen molar-refractivity contribution in [2.75, 3.05) is 26.2 Å². The van der Waals surface area contributed by atoms with Gasteiger partial charge in [-0.15, -0.1) is 0 Å². The monoisotopic (exact) mass is 197 g/mol. The van der Waals surface area contributed by atoms with Crippen molar-refractivity contribution >= 4 is 0 Å². The number of nitrogens with zero attached hydrogens (tertiary/aromatic N) is 1. The highest BCUT2D eigenvalue weighted by atomic mass is 16.2. The Morgan fingerprint density at radius 2 is 1.71 bits per heavy atom. The van der Waals surface area contributed by atoms with Crippen molar-refractivity contribution in [3.63, 3.8) is 0 Å². The predicted molar refractivity (Wildman–Crippen MR) is 58.3 cm³/mol. The van der Waals surface area contributed by atoms with Crippen LogP contribution in [0.1, 0.15) is 44.9 Å². The van der Waals surface area contributed by atoms with Gasteiger partial charge in [0.15, 0.2) is 0 Å². The van der Waals surface area contributed by atoms with Crippen molar-refractivity contribution in [3.05, 3.63) is 0 Å². The molecule has 0 amide bonds. The summed E-state index contributed by atoms with van der Waals surface area (Å²) in [6, 6.07) is 0. The second-order valence-corrected chi connectivity index (χ2v) is 5.20. The summed E-state index contributed by atoms with van der Waals surface area (Å²) < 4.78 is 0. The summed E-state index contributed by atoms with van der Waals surface area (Å²) in [4.78, 5) is 2.60. The Morgan fingerprint density at radius 3 is 2.36 bits per heavy atom. The largest absolute Gasteiger partial charge is 0.396 e. The lowest BCUT2D eigenvalue weighted by Crippen LogP contribution is -2.54. The van der Waals surface area contributed by atoms with Gasteiger partial charge in [0.25, 0.3) is 0 Å². The molecule has 1 heterocycles. The highest BCUT2D eigenvalue weighted by Crippen LogP contribution is 2.45. The topological polar surface area (TPSA) is 23.5 Å². The molecular formula is C12H23NO. The number of likely N-dealkylation sites (tertiary alicyclic amines) is 1. The van der Waals surface area contributed by atoms with Crippen LogP contribution < -0.4 is 0 Å². The summed E-state index contributed by atoms with van der Waals surface area (Å²) in [5.41, 5.74) is 0.761. The van der Waals surface area contributed by atoms with Crippen LogP contribution in [0.3, 0.4) is 0 Å². The predicted octanol–water partition coefficient (Wildman–Crippen LogP) is 2.02. The number of aliphatic hydroxyl groups is 1. The molecule has 0 aromatic carbocycles. The number of rotatable bonds is 5. The van der Waals surface area contributed by atoms with Gasteiger partial charge in [0, 0.05) is 19.7 Å². The third-order valence-electron chi connectivity index (χ3n) is 3.91. The number of aliphatic hydroxyl groups excluding tert-OH is 1. The van der Waals surface area contributed by atoms with E-state index >= 15 is 0 Å². The molecule has 1 N–H and O–H groups in total. The van der Waals surface area contributed by atoms with E-state index in [2.05, 4.69) is 4.90 Å². The number of unbranched alkanes of at least 4 members (excludes halogenated alkanes) is 2. The highest BCUT2D eigenvalue weighted by molar-refractivity contribution is 4.97. The van der Waals surface area contributed by atoms with Crippen LogP contribution in [0.4, 0.5) is 0 Å². The zero-order chi connectivity index (χ0) is 9.86. The average Bonchev–Trinajstić information content (AvgIpc) is 2.59. The van der Waals surface area contributed by atoms with Gasteiger partial charge in [0.2, 0.25) is 0 Å². The molecule has 0 unspecified atom stereocenters. The van der Waals surface area contributed by atoms with E-state index in [0.29, 0.717) is 6.61 Å². The standard InChI is InChI=1S/C12H23NO/c14-9-5-1-4-8-13-10-12(11-13)6-2-3-7-12/h14H,1-11H2. The fourth-order valence-corrected chi connectivity index (χ4v) is 3.13. The molecule has 1 saturated carbocycles. The van der Waals surface area contributed by atoms with Gasteiger partial charge in [-0.1, -0.05) is 12.8 Å². The molecule has 82 valence electrons. The van der Waals surface area contributed by atoms with Crippen molar-refractivity contribution in [1.82, 2.24) is 4.90 Å². The molecule has 2 fully saturated rings. The van der Waals surface area contributed by atoms with E-state index in [1.165, 1.54) is 58.2 Å². The zero-order valence-electron chi connectivity index (χ0n) is 9.17. The molecule has 2 heteroatoms. The molecule has 2 aliphatic rings. The molecule has 1 aliphatic heterocycles. The Labute approximate surface area is 87.3 Å². The molecule has 1 spiro atoms. The van der Waals surface area contributed by atoms with E-state index in [-0.39, 0.29) is 0 Å². The normalized spacial score (nSPS) is 25.5. The second kappa shape index (κ2) is 4.63. The molecule has 2 rings (SSSR count). The minimum atomic E-state index is 0.365. The Bertz CT molecular complexity index is 167. The lowest BCUT2D eigenvalue weighted by atomic mass is 9.78. The molecule has 0 radical (unpaired) electrons. The minimum Gasteiger partial charge on any atom is -0.396 e. The molecular weight excluding hydrogens is 174 g/mol. The molecule has 2 nitrogen and oxygen atoms in total. The van der Waals surface area contributed by atoms with Gasteiger partial charge in [0.05, 0.1) is 0 Å². The van der Waals surface area contributed by atoms with Crippen molar-refractivity contribution in [2.24, 2.45) is 5.41 Å². The van der Waals surface area contributed by atoms with E-state index in [4.69, 9.17) is 5.11 Å². The van der Waals surface area contributed by atoms with Gasteiger partial charge < -0.3 is 10.0 Å². The zero-order valence-corrected chi connectivity index (χ0v) is 9.17. The second-order valence-electron chi connectivity index (χ2n) is 5.20. The van der Waals surface area contributed by atoms with Crippen LogP contribution in [-0.2, 0) is 0 Å². The Hall–Kier alpha value is -0.0800. The van der Waals surface area contributed by atoms with E-state index in [1.54, 1.807) is 0 Å². The highest BCUT2D eigenvalue weighted by Gasteiger charge is 2.43. The Kier molecular flexibility index (Phi) is 3.45. The maximum Gasteiger partial charge on any atom is 0.0431 e. The van der Waals surface area contributed by atoms with Gasteiger partial charge in [0.1, 0.15) is 0 Å². The van der Waals surface area contributed by atoms with E-state index < -0.39 is 0 Å². The van der Waals surface area contributed by atoms with E-state index in [0.717, 1.165) is 11.8 Å². The third kappa shape index (κ3) is 2.29. The summed E-state index contributed by atoms with van der Waals surface area (Å²) in [5.74, 6) is 0. The summed E-state index contributed by atoms with van der Waals surface area (Å²) >= 11 is 0. The van der Waals surface area contributed by atoms with Crippen LogP contribution in [0.5, 0.6) is 0 Å². The smallest absolute Gasteiger partial charge is 0.0431 e. The Balaban J connectivity index is 1.54. The minimum absolute atomic E-state index is 0.365. The fraction of sp³-hybridized carbons (Fsp3) is 1.00. The van der Waals surface area contributed by atoms with Crippen molar-refractivity contribution < 1.29 is 5.11 Å². The molecule has 14 heavy (non-hydrogen) atoms. The van der Waals surface area contributed by atoms with Crippen LogP contribution >= 0.6 is 0 Å². The molecule has 0 aromatic rings. The molecule has 0 bridgehead atoms. The van der Waals surface area contributed by atoms with Crippen LogP contribution in [0.15, 0.2) is 0 Å². The van der Waals surface area contributed by atoms with Crippen LogP contribution in [0.25, 0.3) is 0 Å². The molecule has 1 aliphatic carbocycles. The van der Waals surface area contributed by atoms with Crippen LogP contribution in [-0.4, -0.2) is 36.2 Å². The van der Waals surface area contributed by atoms with Gasteiger partial charge in [-0.05, 0) is 44.1 Å². The first-order valence-corrected chi connectivity index (χ1v) is 6.18. The lowest BCUT2D eigenvalue weighted by Gasteiger charge is -2.48. The SMILES string of the molecule is OCCCCCN1CC2(CCCC2)C1. The first kappa shape index (κ1) is 10.4. The number of hydrogen-bond donors (Lipinski definition) is 1. The van der Waals surface area contributed by atoms with Crippen molar-refractivity contribution in [3.8, 4) is 0 Å². The number of hydrogen-bond acceptors (Lipinski definition) is 2. The summed E-state index contributed by atoms with van der Waals surface area (Å²) in [6.45, 7) is 4.37. The molecule has 1 saturated heterocycles. The Morgan fingerprint density at radius 1 is 1.00 bits per heavy atom. The van der Waals surface area contributed by atoms with Crippen LogP contribution in [0.2, 0.25) is 0 Å². The van der Waals surface area contributed by atoms with Gasteiger partial charge >= 0.3 is 0 Å². The van der Waals surface area contributed by atoms with Crippen LogP contribution in [0, 0.1) is 5.41 Å². The molecule has 0 aromatic heterocycles. The summed E-state index contributed by atoms with van der Waals surface area (Å²) in [7, 11) is 0. The van der Waals surface area contributed by atoms with E-state index in [9.17, 15) is 0 Å². The quantitative estimate of drug-likeness (QED) is 0.682. The lowest BCUT2D eigenvalue weighted by molar-refractivity contribution is 0.00504. The summed E-state index contributed by atoms with van der Waals surface area (Å²) in [6.07, 6.45) is 9.37. The van der Waals surface area contributed by atoms with Gasteiger partial charge in [-0.25, -0.2) is 0 Å². The van der Waals surface area contributed by atoms with Crippen molar-refractivity contribution in [2.45, 2.75) is 44.9 Å². The maximum absolute atomic E-state index is 8.66. The average molecular weight is 197 g/mol. The first-order valence-electron chi connectivity index (χ1n) is 6.18. The maximum atomic E-state index is 8.66. The van der Waals surface area contributed by atoms with Gasteiger partial charge in [-0.3, -0.25) is 0 Å². The van der Waals surface area contributed by atoms with Crippen molar-refractivity contribution in [1.29, 1.82) is 0 Å². The summed E-state index contributed by atoms with van der Waals surface area (Å²) in [5, 5.41) is 8.66. The fourth-order valence-electron chi connectivity index (χ4n) is 3.13.